The van der Waals surface area contributed by atoms with Crippen molar-refractivity contribution in [3.05, 3.63) is 57.5 Å². The fraction of sp³-hybridized carbons (Fsp3) is 0.0769. The predicted octanol–water partition coefficient (Wildman–Crippen LogP) is 3.16. The van der Waals surface area contributed by atoms with Gasteiger partial charge in [-0.15, -0.1) is 0 Å². The van der Waals surface area contributed by atoms with Crippen molar-refractivity contribution in [2.24, 2.45) is 0 Å². The molecule has 0 aliphatic rings. The van der Waals surface area contributed by atoms with Crippen molar-refractivity contribution in [2.75, 3.05) is 5.73 Å². The Labute approximate surface area is 131 Å². The Morgan fingerprint density at radius 2 is 1.80 bits per heavy atom. The Morgan fingerprint density at radius 1 is 1.15 bits per heavy atom. The molecular formula is C13H12BrClN2O2S. The molecule has 2 rings (SSSR count). The van der Waals surface area contributed by atoms with Crippen molar-refractivity contribution >= 4 is 43.2 Å². The number of nitrogen functional groups attached to an aromatic ring is 1. The lowest BCUT2D eigenvalue weighted by Gasteiger charge is -2.08. The van der Waals surface area contributed by atoms with E-state index in [4.69, 9.17) is 17.3 Å². The standard InChI is InChI=1S/C13H12BrClN2O2S/c14-12-7-11(5-6-13(12)15)20(18,19)17-8-9-1-3-10(16)4-2-9/h1-7,17H,8,16H2. The van der Waals surface area contributed by atoms with Gasteiger partial charge in [0, 0.05) is 16.7 Å². The van der Waals surface area contributed by atoms with Crippen molar-refractivity contribution in [1.82, 2.24) is 4.72 Å². The zero-order valence-corrected chi connectivity index (χ0v) is 13.5. The van der Waals surface area contributed by atoms with Crippen LogP contribution in [0.25, 0.3) is 0 Å². The third kappa shape index (κ3) is 3.73. The predicted molar refractivity (Wildman–Crippen MR) is 84.0 cm³/mol. The van der Waals surface area contributed by atoms with Crippen LogP contribution in [0.15, 0.2) is 51.8 Å². The molecule has 106 valence electrons. The molecule has 0 heterocycles. The van der Waals surface area contributed by atoms with Gasteiger partial charge in [0.25, 0.3) is 0 Å². The van der Waals surface area contributed by atoms with E-state index in [9.17, 15) is 8.42 Å². The molecule has 0 unspecified atom stereocenters. The second-order valence-corrected chi connectivity index (χ2v) is 7.17. The first-order chi connectivity index (χ1) is 9.38. The number of nitrogens with two attached hydrogens (primary N) is 1. The topological polar surface area (TPSA) is 72.2 Å². The molecule has 0 radical (unpaired) electrons. The van der Waals surface area contributed by atoms with Gasteiger partial charge in [-0.3, -0.25) is 0 Å². The summed E-state index contributed by atoms with van der Waals surface area (Å²) in [4.78, 5) is 0.157. The Hall–Kier alpha value is -1.08. The van der Waals surface area contributed by atoms with E-state index < -0.39 is 10.0 Å². The van der Waals surface area contributed by atoms with Gasteiger partial charge in [-0.2, -0.15) is 0 Å². The number of hydrogen-bond acceptors (Lipinski definition) is 3. The van der Waals surface area contributed by atoms with Crippen LogP contribution in [0.3, 0.4) is 0 Å². The number of rotatable bonds is 4. The highest BCUT2D eigenvalue weighted by Crippen LogP contribution is 2.25. The number of nitrogens with one attached hydrogen (secondary N) is 1. The zero-order chi connectivity index (χ0) is 14.8. The van der Waals surface area contributed by atoms with E-state index in [1.807, 2.05) is 0 Å². The number of sulfonamides is 1. The summed E-state index contributed by atoms with van der Waals surface area (Å²) >= 11 is 9.05. The first-order valence-electron chi connectivity index (χ1n) is 5.67. The van der Waals surface area contributed by atoms with Gasteiger partial charge >= 0.3 is 0 Å². The molecule has 2 aromatic carbocycles. The van der Waals surface area contributed by atoms with Gasteiger partial charge in [-0.1, -0.05) is 23.7 Å². The summed E-state index contributed by atoms with van der Waals surface area (Å²) in [5.74, 6) is 0. The highest BCUT2D eigenvalue weighted by atomic mass is 79.9. The number of halogens is 2. The fourth-order valence-electron chi connectivity index (χ4n) is 1.54. The molecule has 0 aliphatic carbocycles. The molecule has 7 heteroatoms. The van der Waals surface area contributed by atoms with Crippen LogP contribution in [0.2, 0.25) is 5.02 Å². The normalized spacial score (nSPS) is 11.5. The Kier molecular flexibility index (Phi) is 4.70. The van der Waals surface area contributed by atoms with Crippen molar-refractivity contribution in [1.29, 1.82) is 0 Å². The number of benzene rings is 2. The van der Waals surface area contributed by atoms with Crippen LogP contribution in [0.4, 0.5) is 5.69 Å². The summed E-state index contributed by atoms with van der Waals surface area (Å²) in [6.45, 7) is 0.197. The molecule has 0 aromatic heterocycles. The van der Waals surface area contributed by atoms with E-state index in [0.29, 0.717) is 15.2 Å². The quantitative estimate of drug-likeness (QED) is 0.806. The van der Waals surface area contributed by atoms with Gasteiger partial charge in [0.15, 0.2) is 0 Å². The number of anilines is 1. The van der Waals surface area contributed by atoms with Crippen molar-refractivity contribution in [2.45, 2.75) is 11.4 Å². The molecule has 0 aliphatic heterocycles. The first kappa shape index (κ1) is 15.3. The molecule has 0 fully saturated rings. The summed E-state index contributed by atoms with van der Waals surface area (Å²) in [7, 11) is -3.58. The average molecular weight is 376 g/mol. The maximum Gasteiger partial charge on any atom is 0.240 e. The van der Waals surface area contributed by atoms with Gasteiger partial charge in [0.1, 0.15) is 0 Å². The van der Waals surface area contributed by atoms with E-state index in [0.717, 1.165) is 5.56 Å². The lowest BCUT2D eigenvalue weighted by molar-refractivity contribution is 0.581. The molecule has 0 saturated carbocycles. The minimum atomic E-state index is -3.58. The molecule has 0 amide bonds. The van der Waals surface area contributed by atoms with Gasteiger partial charge in [-0.25, -0.2) is 13.1 Å². The zero-order valence-electron chi connectivity index (χ0n) is 10.3. The first-order valence-corrected chi connectivity index (χ1v) is 8.33. The van der Waals surface area contributed by atoms with Gasteiger partial charge in [-0.05, 0) is 51.8 Å². The Bertz CT molecular complexity index is 718. The number of hydrogen-bond donors (Lipinski definition) is 2. The lowest BCUT2D eigenvalue weighted by Crippen LogP contribution is -2.23. The third-order valence-corrected chi connectivity index (χ3v) is 5.26. The van der Waals surface area contributed by atoms with Crippen LogP contribution in [0.5, 0.6) is 0 Å². The van der Waals surface area contributed by atoms with E-state index in [-0.39, 0.29) is 11.4 Å². The van der Waals surface area contributed by atoms with Gasteiger partial charge in [0.2, 0.25) is 10.0 Å². The highest BCUT2D eigenvalue weighted by Gasteiger charge is 2.14. The van der Waals surface area contributed by atoms with Crippen molar-refractivity contribution in [3.8, 4) is 0 Å². The highest BCUT2D eigenvalue weighted by molar-refractivity contribution is 9.10. The Balaban J connectivity index is 2.14. The summed E-state index contributed by atoms with van der Waals surface area (Å²) in [5, 5.41) is 0.461. The largest absolute Gasteiger partial charge is 0.399 e. The summed E-state index contributed by atoms with van der Waals surface area (Å²) < 4.78 is 27.3. The van der Waals surface area contributed by atoms with Crippen LogP contribution in [0, 0.1) is 0 Å². The summed E-state index contributed by atoms with van der Waals surface area (Å²) in [6, 6.07) is 11.5. The van der Waals surface area contributed by atoms with Crippen LogP contribution < -0.4 is 10.5 Å². The third-order valence-electron chi connectivity index (χ3n) is 2.65. The average Bonchev–Trinajstić information content (AvgIpc) is 2.41. The van der Waals surface area contributed by atoms with E-state index in [1.165, 1.54) is 18.2 Å². The van der Waals surface area contributed by atoms with Crippen molar-refractivity contribution in [3.63, 3.8) is 0 Å². The minimum absolute atomic E-state index is 0.157. The van der Waals surface area contributed by atoms with E-state index in [1.54, 1.807) is 24.3 Å². The SMILES string of the molecule is Nc1ccc(CNS(=O)(=O)c2ccc(Cl)c(Br)c2)cc1. The fourth-order valence-corrected chi connectivity index (χ4v) is 3.23. The van der Waals surface area contributed by atoms with E-state index >= 15 is 0 Å². The second-order valence-electron chi connectivity index (χ2n) is 4.14. The van der Waals surface area contributed by atoms with Crippen LogP contribution in [-0.4, -0.2) is 8.42 Å². The lowest BCUT2D eigenvalue weighted by atomic mass is 10.2. The molecule has 4 nitrogen and oxygen atoms in total. The van der Waals surface area contributed by atoms with Gasteiger partial charge < -0.3 is 5.73 Å². The second kappa shape index (κ2) is 6.13. The molecule has 0 saturated heterocycles. The molecule has 0 spiro atoms. The maximum absolute atomic E-state index is 12.1. The Morgan fingerprint density at radius 3 is 2.40 bits per heavy atom. The molecule has 20 heavy (non-hydrogen) atoms. The maximum atomic E-state index is 12.1. The molecular weight excluding hydrogens is 364 g/mol. The summed E-state index contributed by atoms with van der Waals surface area (Å²) in [6.07, 6.45) is 0. The molecule has 0 atom stereocenters. The van der Waals surface area contributed by atoms with Crippen molar-refractivity contribution < 1.29 is 8.42 Å². The van der Waals surface area contributed by atoms with Crippen LogP contribution in [0.1, 0.15) is 5.56 Å². The summed E-state index contributed by atoms with van der Waals surface area (Å²) in [5.41, 5.74) is 7.04. The molecule has 3 N–H and O–H groups in total. The smallest absolute Gasteiger partial charge is 0.240 e. The van der Waals surface area contributed by atoms with E-state index in [2.05, 4.69) is 20.7 Å². The van der Waals surface area contributed by atoms with Crippen LogP contribution in [-0.2, 0) is 16.6 Å². The molecule has 2 aromatic rings. The molecule has 0 bridgehead atoms. The van der Waals surface area contributed by atoms with Gasteiger partial charge in [0.05, 0.1) is 9.92 Å². The monoisotopic (exact) mass is 374 g/mol. The van der Waals surface area contributed by atoms with Crippen LogP contribution >= 0.6 is 27.5 Å². The minimum Gasteiger partial charge on any atom is -0.399 e.